The van der Waals surface area contributed by atoms with Gasteiger partial charge in [-0.2, -0.15) is 0 Å². The fraction of sp³-hybridized carbons (Fsp3) is 0.857. The summed E-state index contributed by atoms with van der Waals surface area (Å²) in [6, 6.07) is 0. The molecule has 27 heavy (non-hydrogen) atoms. The largest absolute Gasteiger partial charge is 0.379 e. The lowest BCUT2D eigenvalue weighted by Crippen LogP contribution is -2.36. The molecule has 0 fully saturated rings. The summed E-state index contributed by atoms with van der Waals surface area (Å²) in [6.45, 7) is 20.3. The van der Waals surface area contributed by atoms with Gasteiger partial charge < -0.3 is 23.7 Å². The molecule has 6 heteroatoms. The zero-order valence-electron chi connectivity index (χ0n) is 18.6. The monoisotopic (exact) mass is 388 g/mol. The Morgan fingerprint density at radius 2 is 1.37 bits per heavy atom. The molecule has 160 valence electrons. The summed E-state index contributed by atoms with van der Waals surface area (Å²) >= 11 is 0. The van der Waals surface area contributed by atoms with Gasteiger partial charge in [-0.25, -0.2) is 0 Å². The first-order valence-electron chi connectivity index (χ1n) is 9.59. The fourth-order valence-electron chi connectivity index (χ4n) is 1.99. The molecule has 0 aromatic rings. The zero-order valence-corrected chi connectivity index (χ0v) is 18.6. The second-order valence-corrected chi connectivity index (χ2v) is 8.59. The van der Waals surface area contributed by atoms with Crippen molar-refractivity contribution in [2.24, 2.45) is 0 Å². The van der Waals surface area contributed by atoms with Crippen LogP contribution in [0.25, 0.3) is 0 Å². The summed E-state index contributed by atoms with van der Waals surface area (Å²) in [4.78, 5) is 11.7. The van der Waals surface area contributed by atoms with E-state index in [4.69, 9.17) is 23.7 Å². The molecule has 0 aliphatic heterocycles. The second kappa shape index (κ2) is 11.9. The van der Waals surface area contributed by atoms with Gasteiger partial charge in [-0.15, -0.1) is 0 Å². The van der Waals surface area contributed by atoms with Gasteiger partial charge in [-0.1, -0.05) is 6.58 Å². The lowest BCUT2D eigenvalue weighted by molar-refractivity contribution is -0.204. The molecule has 0 saturated heterocycles. The minimum absolute atomic E-state index is 0.126. The van der Waals surface area contributed by atoms with Gasteiger partial charge in [0.1, 0.15) is 19.2 Å². The molecular weight excluding hydrogens is 348 g/mol. The number of hydrogen-bond acceptors (Lipinski definition) is 6. The summed E-state index contributed by atoms with van der Waals surface area (Å²) in [5, 5.41) is 0. The Morgan fingerprint density at radius 3 is 1.81 bits per heavy atom. The molecule has 0 aliphatic rings. The van der Waals surface area contributed by atoms with E-state index in [-0.39, 0.29) is 31.1 Å². The molecule has 0 bridgehead atoms. The highest BCUT2D eigenvalue weighted by atomic mass is 16.7. The Bertz CT molecular complexity index is 440. The minimum Gasteiger partial charge on any atom is -0.379 e. The predicted molar refractivity (Wildman–Crippen MR) is 107 cm³/mol. The van der Waals surface area contributed by atoms with Crippen LogP contribution in [0.4, 0.5) is 0 Å². The molecule has 0 aliphatic carbocycles. The van der Waals surface area contributed by atoms with Crippen molar-refractivity contribution in [3.8, 4) is 0 Å². The molecule has 0 aromatic carbocycles. The highest BCUT2D eigenvalue weighted by Crippen LogP contribution is 2.19. The number of rotatable bonds is 16. The Kier molecular flexibility index (Phi) is 11.6. The third-order valence-corrected chi connectivity index (χ3v) is 4.17. The Labute approximate surface area is 165 Å². The van der Waals surface area contributed by atoms with E-state index in [0.29, 0.717) is 19.6 Å². The third-order valence-electron chi connectivity index (χ3n) is 4.17. The molecule has 0 aromatic heterocycles. The second-order valence-electron chi connectivity index (χ2n) is 8.59. The lowest BCUT2D eigenvalue weighted by Gasteiger charge is -2.29. The first-order chi connectivity index (χ1) is 12.3. The van der Waals surface area contributed by atoms with Crippen LogP contribution in [0.2, 0.25) is 0 Å². The lowest BCUT2D eigenvalue weighted by atomic mass is 10.0. The molecular formula is C21H40O6. The molecule has 0 rings (SSSR count). The third kappa shape index (κ3) is 13.1. The topological polar surface area (TPSA) is 63.2 Å². The van der Waals surface area contributed by atoms with Crippen LogP contribution in [0.1, 0.15) is 68.2 Å². The molecule has 0 unspecified atom stereocenters. The van der Waals surface area contributed by atoms with E-state index in [2.05, 4.69) is 6.58 Å². The van der Waals surface area contributed by atoms with Gasteiger partial charge in [0.15, 0.2) is 5.78 Å². The number of hydrogen-bond donors (Lipinski definition) is 0. The van der Waals surface area contributed by atoms with Gasteiger partial charge in [0.05, 0.1) is 23.9 Å². The summed E-state index contributed by atoms with van der Waals surface area (Å²) in [6.07, 6.45) is 2.92. The van der Waals surface area contributed by atoms with Crippen molar-refractivity contribution in [3.63, 3.8) is 0 Å². The molecule has 6 nitrogen and oxygen atoms in total. The van der Waals surface area contributed by atoms with E-state index in [9.17, 15) is 4.79 Å². The molecule has 0 saturated carbocycles. The quantitative estimate of drug-likeness (QED) is 0.224. The smallest absolute Gasteiger partial charge is 0.186 e. The molecule has 0 radical (unpaired) electrons. The Balaban J connectivity index is 3.98. The van der Waals surface area contributed by atoms with E-state index in [1.807, 2.05) is 41.5 Å². The van der Waals surface area contributed by atoms with Gasteiger partial charge in [-0.3, -0.25) is 4.79 Å². The van der Waals surface area contributed by atoms with Crippen molar-refractivity contribution < 1.29 is 28.5 Å². The van der Waals surface area contributed by atoms with Crippen molar-refractivity contribution in [2.75, 3.05) is 26.8 Å². The fourth-order valence-corrected chi connectivity index (χ4v) is 1.99. The average Bonchev–Trinajstić information content (AvgIpc) is 2.52. The van der Waals surface area contributed by atoms with Gasteiger partial charge in [0, 0.05) is 6.61 Å². The highest BCUT2D eigenvalue weighted by Gasteiger charge is 2.27. The van der Waals surface area contributed by atoms with E-state index in [1.165, 1.54) is 6.08 Å². The van der Waals surface area contributed by atoms with Gasteiger partial charge in [-0.05, 0) is 74.3 Å². The SMILES string of the molecule is C=CC(=O)C(C)(C)OCCC(C)(C)OCOCOC(C)(C)CCOC(C)C. The number of carbonyl (C=O) groups is 1. The molecule has 0 N–H and O–H groups in total. The van der Waals surface area contributed by atoms with E-state index >= 15 is 0 Å². The van der Waals surface area contributed by atoms with Crippen LogP contribution >= 0.6 is 0 Å². The minimum atomic E-state index is -0.868. The van der Waals surface area contributed by atoms with Crippen molar-refractivity contribution in [2.45, 2.75) is 91.1 Å². The summed E-state index contributed by atoms with van der Waals surface area (Å²) in [5.74, 6) is -0.136. The number of carbonyl (C=O) groups excluding carboxylic acids is 1. The maximum absolute atomic E-state index is 11.7. The Hall–Kier alpha value is -0.790. The van der Waals surface area contributed by atoms with Crippen molar-refractivity contribution in [3.05, 3.63) is 12.7 Å². The number of ketones is 1. The Morgan fingerprint density at radius 1 is 0.889 bits per heavy atom. The number of ether oxygens (including phenoxy) is 5. The maximum Gasteiger partial charge on any atom is 0.186 e. The zero-order chi connectivity index (χ0) is 21.1. The van der Waals surface area contributed by atoms with E-state index < -0.39 is 11.2 Å². The molecule has 0 amide bonds. The van der Waals surface area contributed by atoms with Crippen LogP contribution in [-0.2, 0) is 28.5 Å². The van der Waals surface area contributed by atoms with Crippen molar-refractivity contribution >= 4 is 5.78 Å². The van der Waals surface area contributed by atoms with E-state index in [0.717, 1.165) is 6.42 Å². The van der Waals surface area contributed by atoms with Crippen LogP contribution in [0.5, 0.6) is 0 Å². The molecule has 0 spiro atoms. The highest BCUT2D eigenvalue weighted by molar-refractivity contribution is 5.95. The molecule has 0 heterocycles. The summed E-state index contributed by atoms with van der Waals surface area (Å²) in [5.41, 5.74) is -1.62. The summed E-state index contributed by atoms with van der Waals surface area (Å²) < 4.78 is 28.1. The average molecular weight is 389 g/mol. The normalized spacial score (nSPS) is 13.2. The van der Waals surface area contributed by atoms with Crippen LogP contribution in [0.3, 0.4) is 0 Å². The van der Waals surface area contributed by atoms with Crippen LogP contribution in [-0.4, -0.2) is 55.5 Å². The molecule has 0 atom stereocenters. The first kappa shape index (κ1) is 26.2. The van der Waals surface area contributed by atoms with Crippen LogP contribution in [0, 0.1) is 0 Å². The van der Waals surface area contributed by atoms with E-state index in [1.54, 1.807) is 13.8 Å². The van der Waals surface area contributed by atoms with Crippen LogP contribution in [0.15, 0.2) is 12.7 Å². The first-order valence-corrected chi connectivity index (χ1v) is 9.59. The standard InChI is InChI=1S/C21H40O6/c1-10-18(22)21(8,9)25-14-12-20(6,7)27-16-23-15-26-19(4,5)11-13-24-17(2)3/h10,17H,1,11-16H2,2-9H3. The maximum atomic E-state index is 11.7. The van der Waals surface area contributed by atoms with Gasteiger partial charge >= 0.3 is 0 Å². The van der Waals surface area contributed by atoms with Crippen LogP contribution < -0.4 is 0 Å². The van der Waals surface area contributed by atoms with Gasteiger partial charge in [0.25, 0.3) is 0 Å². The van der Waals surface area contributed by atoms with Gasteiger partial charge in [0.2, 0.25) is 0 Å². The summed E-state index contributed by atoms with van der Waals surface area (Å²) in [7, 11) is 0. The predicted octanol–water partition coefficient (Wildman–Crippen LogP) is 4.26. The van der Waals surface area contributed by atoms with Crippen molar-refractivity contribution in [1.82, 2.24) is 0 Å². The van der Waals surface area contributed by atoms with Crippen molar-refractivity contribution in [1.29, 1.82) is 0 Å².